The summed E-state index contributed by atoms with van der Waals surface area (Å²) in [5.74, 6) is 2.16. The zero-order chi connectivity index (χ0) is 15.3. The molecule has 0 spiro atoms. The fourth-order valence-electron chi connectivity index (χ4n) is 4.63. The monoisotopic (exact) mass is 306 g/mol. The lowest BCUT2D eigenvalue weighted by Gasteiger charge is -2.25. The van der Waals surface area contributed by atoms with Crippen LogP contribution in [0.2, 0.25) is 0 Å². The summed E-state index contributed by atoms with van der Waals surface area (Å²) in [5, 5.41) is 0. The van der Waals surface area contributed by atoms with E-state index in [-0.39, 0.29) is 18.1 Å². The van der Waals surface area contributed by atoms with Crippen molar-refractivity contribution >= 4 is 0 Å². The summed E-state index contributed by atoms with van der Waals surface area (Å²) >= 11 is 0. The van der Waals surface area contributed by atoms with Gasteiger partial charge in [0.05, 0.1) is 13.2 Å². The Morgan fingerprint density at radius 3 is 2.77 bits per heavy atom. The van der Waals surface area contributed by atoms with Crippen molar-refractivity contribution in [3.05, 3.63) is 23.3 Å². The molecular formula is C18H23FO3. The van der Waals surface area contributed by atoms with Crippen molar-refractivity contribution < 1.29 is 18.6 Å². The third-order valence-electron chi connectivity index (χ3n) is 5.73. The van der Waals surface area contributed by atoms with Gasteiger partial charge in [-0.05, 0) is 49.7 Å². The van der Waals surface area contributed by atoms with E-state index in [0.29, 0.717) is 12.3 Å². The van der Waals surface area contributed by atoms with Gasteiger partial charge in [-0.25, -0.2) is 4.39 Å². The molecule has 22 heavy (non-hydrogen) atoms. The summed E-state index contributed by atoms with van der Waals surface area (Å²) in [4.78, 5) is 0. The normalized spacial score (nSPS) is 36.0. The largest absolute Gasteiger partial charge is 0.493 e. The van der Waals surface area contributed by atoms with Gasteiger partial charge in [0, 0.05) is 18.6 Å². The summed E-state index contributed by atoms with van der Waals surface area (Å²) in [6.45, 7) is 0. The van der Waals surface area contributed by atoms with Gasteiger partial charge in [0.2, 0.25) is 0 Å². The van der Waals surface area contributed by atoms with Gasteiger partial charge in [-0.2, -0.15) is 0 Å². The van der Waals surface area contributed by atoms with E-state index in [2.05, 4.69) is 6.07 Å². The summed E-state index contributed by atoms with van der Waals surface area (Å²) in [5.41, 5.74) is 2.49. The highest BCUT2D eigenvalue weighted by molar-refractivity contribution is 5.56. The number of hydrogen-bond donors (Lipinski definition) is 0. The van der Waals surface area contributed by atoms with Crippen LogP contribution in [0.4, 0.5) is 4.39 Å². The fraction of sp³-hybridized carbons (Fsp3) is 0.667. The minimum Gasteiger partial charge on any atom is -0.493 e. The highest BCUT2D eigenvalue weighted by atomic mass is 19.1. The number of halogens is 1. The summed E-state index contributed by atoms with van der Waals surface area (Å²) in [6.07, 6.45) is 3.18. The molecule has 0 aromatic heterocycles. The summed E-state index contributed by atoms with van der Waals surface area (Å²) in [6, 6.07) is 4.10. The zero-order valence-corrected chi connectivity index (χ0v) is 13.2. The van der Waals surface area contributed by atoms with Crippen molar-refractivity contribution in [2.24, 2.45) is 5.92 Å². The van der Waals surface area contributed by atoms with Crippen LogP contribution in [0.15, 0.2) is 12.1 Å². The van der Waals surface area contributed by atoms with E-state index in [1.807, 2.05) is 6.07 Å². The summed E-state index contributed by atoms with van der Waals surface area (Å²) < 4.78 is 32.0. The molecule has 1 aromatic rings. The SMILES string of the molecule is COc1ccc2c3c1O[C@@H]1C(F)CC[C@H](OC)[C@@H](CCC31)C2. The van der Waals surface area contributed by atoms with Gasteiger partial charge in [-0.3, -0.25) is 0 Å². The minimum atomic E-state index is -0.940. The van der Waals surface area contributed by atoms with Crippen LogP contribution in [0.1, 0.15) is 42.7 Å². The molecule has 3 nitrogen and oxygen atoms in total. The third-order valence-corrected chi connectivity index (χ3v) is 5.73. The van der Waals surface area contributed by atoms with Gasteiger partial charge in [0.1, 0.15) is 12.3 Å². The molecule has 0 N–H and O–H groups in total. The molecule has 5 atom stereocenters. The van der Waals surface area contributed by atoms with Gasteiger partial charge in [-0.1, -0.05) is 6.07 Å². The van der Waals surface area contributed by atoms with Crippen molar-refractivity contribution in [1.29, 1.82) is 0 Å². The first-order valence-corrected chi connectivity index (χ1v) is 8.26. The van der Waals surface area contributed by atoms with Gasteiger partial charge in [0.25, 0.3) is 0 Å². The van der Waals surface area contributed by atoms with Crippen LogP contribution in [-0.2, 0) is 11.2 Å². The number of fused-ring (bicyclic) bond motifs is 2. The lowest BCUT2D eigenvalue weighted by molar-refractivity contribution is 0.0328. The maximum Gasteiger partial charge on any atom is 0.165 e. The molecule has 0 radical (unpaired) electrons. The Kier molecular flexibility index (Phi) is 3.52. The number of rotatable bonds is 2. The number of ether oxygens (including phenoxy) is 3. The average molecular weight is 306 g/mol. The molecule has 2 unspecified atom stereocenters. The van der Waals surface area contributed by atoms with E-state index in [0.717, 1.165) is 37.2 Å². The number of alkyl halides is 1. The first-order valence-electron chi connectivity index (χ1n) is 8.26. The van der Waals surface area contributed by atoms with Gasteiger partial charge in [-0.15, -0.1) is 0 Å². The average Bonchev–Trinajstić information content (AvgIpc) is 2.83. The Morgan fingerprint density at radius 2 is 2.00 bits per heavy atom. The lowest BCUT2D eigenvalue weighted by atomic mass is 9.86. The van der Waals surface area contributed by atoms with E-state index < -0.39 is 6.17 Å². The van der Waals surface area contributed by atoms with Gasteiger partial charge >= 0.3 is 0 Å². The van der Waals surface area contributed by atoms with E-state index in [4.69, 9.17) is 14.2 Å². The number of methoxy groups -OCH3 is 2. The predicted octanol–water partition coefficient (Wildman–Crippen LogP) is 3.64. The Morgan fingerprint density at radius 1 is 1.14 bits per heavy atom. The van der Waals surface area contributed by atoms with E-state index in [9.17, 15) is 4.39 Å². The number of hydrogen-bond acceptors (Lipinski definition) is 3. The highest BCUT2D eigenvalue weighted by Crippen LogP contribution is 2.53. The standard InChI is InChI=1S/C18H23FO3/c1-20-14-8-6-13(19)17-12-5-3-10(14)9-11-4-7-15(21-2)18(22-17)16(11)12/h4,7,10,12-14,17H,3,5-6,8-9H2,1-2H3/t10-,12?,13?,14-,17-/m0/s1. The minimum absolute atomic E-state index is 0.146. The van der Waals surface area contributed by atoms with Crippen LogP contribution in [0.3, 0.4) is 0 Å². The maximum absolute atomic E-state index is 14.8. The Labute approximate surface area is 130 Å². The molecule has 2 bridgehead atoms. The second-order valence-electron chi connectivity index (χ2n) is 6.77. The number of benzene rings is 1. The van der Waals surface area contributed by atoms with E-state index in [1.54, 1.807) is 14.2 Å². The van der Waals surface area contributed by atoms with Crippen LogP contribution in [-0.4, -0.2) is 32.6 Å². The lowest BCUT2D eigenvalue weighted by Crippen LogP contribution is -2.31. The topological polar surface area (TPSA) is 27.7 Å². The van der Waals surface area contributed by atoms with Crippen LogP contribution in [0.25, 0.3) is 0 Å². The van der Waals surface area contributed by atoms with Crippen molar-refractivity contribution in [2.45, 2.75) is 56.4 Å². The van der Waals surface area contributed by atoms with E-state index in [1.165, 1.54) is 11.1 Å². The molecule has 1 heterocycles. The first-order chi connectivity index (χ1) is 10.7. The third kappa shape index (κ3) is 2.03. The smallest absolute Gasteiger partial charge is 0.165 e. The molecule has 1 aromatic carbocycles. The van der Waals surface area contributed by atoms with Gasteiger partial charge < -0.3 is 14.2 Å². The molecule has 1 saturated carbocycles. The highest BCUT2D eigenvalue weighted by Gasteiger charge is 2.46. The van der Waals surface area contributed by atoms with Crippen molar-refractivity contribution in [3.8, 4) is 11.5 Å². The van der Waals surface area contributed by atoms with Crippen LogP contribution in [0, 0.1) is 5.92 Å². The zero-order valence-electron chi connectivity index (χ0n) is 13.2. The molecule has 4 rings (SSSR count). The van der Waals surface area contributed by atoms with Crippen molar-refractivity contribution in [1.82, 2.24) is 0 Å². The van der Waals surface area contributed by atoms with Crippen LogP contribution in [0.5, 0.6) is 11.5 Å². The van der Waals surface area contributed by atoms with Gasteiger partial charge in [0.15, 0.2) is 11.5 Å². The molecule has 2 aliphatic carbocycles. The Balaban J connectivity index is 1.85. The van der Waals surface area contributed by atoms with Crippen LogP contribution >= 0.6 is 0 Å². The second kappa shape index (κ2) is 5.41. The second-order valence-corrected chi connectivity index (χ2v) is 6.77. The Hall–Kier alpha value is -1.29. The molecular weight excluding hydrogens is 283 g/mol. The molecule has 3 aliphatic rings. The molecule has 0 amide bonds. The van der Waals surface area contributed by atoms with Crippen molar-refractivity contribution in [3.63, 3.8) is 0 Å². The molecule has 1 aliphatic heterocycles. The van der Waals surface area contributed by atoms with Crippen LogP contribution < -0.4 is 9.47 Å². The molecule has 120 valence electrons. The molecule has 1 fully saturated rings. The maximum atomic E-state index is 14.8. The first kappa shape index (κ1) is 14.3. The fourth-order valence-corrected chi connectivity index (χ4v) is 4.63. The molecule has 0 saturated heterocycles. The Bertz CT molecular complexity index is 574. The molecule has 4 heteroatoms. The summed E-state index contributed by atoms with van der Waals surface area (Å²) in [7, 11) is 3.40. The predicted molar refractivity (Wildman–Crippen MR) is 81.5 cm³/mol. The van der Waals surface area contributed by atoms with Crippen molar-refractivity contribution in [2.75, 3.05) is 14.2 Å². The quantitative estimate of drug-likeness (QED) is 0.835. The van der Waals surface area contributed by atoms with E-state index >= 15 is 0 Å².